The molecule has 0 spiro atoms. The monoisotopic (exact) mass is 510 g/mol. The molecular formula is C27H31IN2. The zero-order valence-corrected chi connectivity index (χ0v) is 20.9. The molecule has 0 fully saturated rings. The van der Waals surface area contributed by atoms with E-state index in [4.69, 9.17) is 0 Å². The number of aryl methyl sites for hydroxylation is 2. The van der Waals surface area contributed by atoms with Crippen LogP contribution in [-0.4, -0.2) is 4.40 Å². The van der Waals surface area contributed by atoms with Crippen molar-refractivity contribution in [1.82, 2.24) is 4.40 Å². The molecule has 2 aromatic heterocycles. The summed E-state index contributed by atoms with van der Waals surface area (Å²) in [6, 6.07) is 20.1. The van der Waals surface area contributed by atoms with E-state index < -0.39 is 0 Å². The zero-order chi connectivity index (χ0) is 21.4. The molecule has 0 radical (unpaired) electrons. The number of nitrogens with zero attached hydrogens (tertiary/aromatic N) is 2. The predicted molar refractivity (Wildman–Crippen MR) is 121 cm³/mol. The molecule has 2 nitrogen and oxygen atoms in total. The molecule has 3 heteroatoms. The number of pyridine rings is 1. The van der Waals surface area contributed by atoms with Crippen LogP contribution in [0.4, 0.5) is 0 Å². The van der Waals surface area contributed by atoms with Gasteiger partial charge in [-0.05, 0) is 0 Å². The minimum absolute atomic E-state index is 0.291. The zero-order valence-electron chi connectivity index (χ0n) is 18.8. The molecule has 0 aliphatic rings. The van der Waals surface area contributed by atoms with E-state index in [9.17, 15) is 0 Å². The van der Waals surface area contributed by atoms with E-state index in [1.165, 1.54) is 42.6 Å². The van der Waals surface area contributed by atoms with Crippen LogP contribution in [-0.2, 0) is 0 Å². The summed E-state index contributed by atoms with van der Waals surface area (Å²) in [6.45, 7) is 13.7. The third-order valence-corrected chi connectivity index (χ3v) is 9.00. The minimum atomic E-state index is -0.291. The first-order chi connectivity index (χ1) is 14.4. The van der Waals surface area contributed by atoms with Crippen molar-refractivity contribution < 1.29 is 24.3 Å². The summed E-state index contributed by atoms with van der Waals surface area (Å²) in [7, 11) is 0. The van der Waals surface area contributed by atoms with Gasteiger partial charge < -0.3 is 0 Å². The molecule has 0 unspecified atom stereocenters. The molecule has 4 aromatic rings. The van der Waals surface area contributed by atoms with Crippen molar-refractivity contribution >= 4 is 5.52 Å². The quantitative estimate of drug-likeness (QED) is 0.364. The summed E-state index contributed by atoms with van der Waals surface area (Å²) in [5.74, 6) is 0.970. The molecule has 0 saturated carbocycles. The molecule has 2 aromatic carbocycles. The van der Waals surface area contributed by atoms with Crippen LogP contribution in [0.25, 0.3) is 16.8 Å². The maximum atomic E-state index is 2.43. The second-order valence-corrected chi connectivity index (χ2v) is 11.4. The Hall–Kier alpha value is -2.14. The first kappa shape index (κ1) is 21.1. The molecule has 2 heterocycles. The third-order valence-electron chi connectivity index (χ3n) is 5.74. The number of halogens is 1. The number of aromatic nitrogens is 2. The Morgan fingerprint density at radius 2 is 1.33 bits per heavy atom. The van der Waals surface area contributed by atoms with E-state index in [0.29, 0.717) is 11.8 Å². The van der Waals surface area contributed by atoms with E-state index in [-0.39, 0.29) is 21.5 Å². The van der Waals surface area contributed by atoms with Crippen molar-refractivity contribution in [1.29, 1.82) is 0 Å². The van der Waals surface area contributed by atoms with Crippen LogP contribution >= 0.6 is 0 Å². The summed E-state index contributed by atoms with van der Waals surface area (Å²) in [5, 5.41) is 0. The normalized spacial score (nSPS) is 11.9. The van der Waals surface area contributed by atoms with Gasteiger partial charge in [0.1, 0.15) is 0 Å². The number of imidazole rings is 1. The molecule has 0 saturated heterocycles. The Balaban J connectivity index is 1.89. The SMILES string of the molecule is Cc1cccc(C)c1[I-][n+]1cc2cccc(-c3c(C(C)C)cccc3C(C)C)n2c1. The van der Waals surface area contributed by atoms with Gasteiger partial charge >= 0.3 is 192 Å². The molecule has 30 heavy (non-hydrogen) atoms. The van der Waals surface area contributed by atoms with Crippen molar-refractivity contribution in [2.45, 2.75) is 53.4 Å². The third kappa shape index (κ3) is 3.92. The van der Waals surface area contributed by atoms with Gasteiger partial charge in [-0.1, -0.05) is 0 Å². The Morgan fingerprint density at radius 1 is 0.767 bits per heavy atom. The van der Waals surface area contributed by atoms with Crippen LogP contribution in [0.1, 0.15) is 61.8 Å². The maximum absolute atomic E-state index is 2.43. The van der Waals surface area contributed by atoms with Crippen molar-refractivity contribution in [3.8, 4) is 11.3 Å². The Labute approximate surface area is 191 Å². The van der Waals surface area contributed by atoms with Gasteiger partial charge in [0.2, 0.25) is 0 Å². The molecule has 0 aliphatic carbocycles. The Kier molecular flexibility index (Phi) is 6.01. The van der Waals surface area contributed by atoms with Crippen LogP contribution in [0, 0.1) is 17.4 Å². The Morgan fingerprint density at radius 3 is 1.93 bits per heavy atom. The van der Waals surface area contributed by atoms with E-state index in [1.54, 1.807) is 0 Å². The topological polar surface area (TPSA) is 8.29 Å². The summed E-state index contributed by atoms with van der Waals surface area (Å²) in [5.41, 5.74) is 9.62. The second kappa shape index (κ2) is 8.54. The molecule has 4 rings (SSSR count). The average Bonchev–Trinajstić information content (AvgIpc) is 3.13. The van der Waals surface area contributed by atoms with Gasteiger partial charge in [-0.2, -0.15) is 0 Å². The summed E-state index contributed by atoms with van der Waals surface area (Å²) >= 11 is -0.291. The fourth-order valence-electron chi connectivity index (χ4n) is 4.16. The van der Waals surface area contributed by atoms with Crippen molar-refractivity contribution in [3.05, 3.63) is 92.9 Å². The number of fused-ring (bicyclic) bond motifs is 1. The fourth-order valence-corrected chi connectivity index (χ4v) is 6.64. The van der Waals surface area contributed by atoms with Crippen LogP contribution in [0.5, 0.6) is 0 Å². The molecule has 0 aliphatic heterocycles. The number of hydrogen-bond acceptors (Lipinski definition) is 0. The predicted octanol–water partition coefficient (Wildman–Crippen LogP) is 3.48. The van der Waals surface area contributed by atoms with Gasteiger partial charge in [0.15, 0.2) is 0 Å². The van der Waals surface area contributed by atoms with Crippen LogP contribution in [0.15, 0.2) is 67.1 Å². The summed E-state index contributed by atoms with van der Waals surface area (Å²) < 4.78 is 6.34. The van der Waals surface area contributed by atoms with E-state index in [1.807, 2.05) is 0 Å². The number of benzene rings is 2. The molecular weight excluding hydrogens is 479 g/mol. The standard InChI is InChI=1S/C27H31IN2/c1-18(2)23-13-9-14-24(19(3)4)26(23)25-15-8-12-22-16-29(17-30(22)25)28-27-20(5)10-7-11-21(27)6/h7-19H,1-6H3. The van der Waals surface area contributed by atoms with Crippen molar-refractivity contribution in [2.24, 2.45) is 0 Å². The van der Waals surface area contributed by atoms with Gasteiger partial charge in [0, 0.05) is 0 Å². The van der Waals surface area contributed by atoms with Crippen LogP contribution in [0.3, 0.4) is 0 Å². The first-order valence-corrected chi connectivity index (χ1v) is 12.8. The fraction of sp³-hybridized carbons (Fsp3) is 0.296. The molecule has 156 valence electrons. The number of rotatable bonds is 5. The van der Waals surface area contributed by atoms with Gasteiger partial charge in [-0.15, -0.1) is 0 Å². The van der Waals surface area contributed by atoms with Crippen LogP contribution in [0.2, 0.25) is 0 Å². The van der Waals surface area contributed by atoms with Crippen molar-refractivity contribution in [2.75, 3.05) is 0 Å². The first-order valence-electron chi connectivity index (χ1n) is 10.7. The average molecular weight is 510 g/mol. The van der Waals surface area contributed by atoms with Gasteiger partial charge in [-0.3, -0.25) is 0 Å². The van der Waals surface area contributed by atoms with E-state index in [0.717, 1.165) is 0 Å². The molecule has 0 amide bonds. The van der Waals surface area contributed by atoms with Gasteiger partial charge in [0.05, 0.1) is 0 Å². The summed E-state index contributed by atoms with van der Waals surface area (Å²) in [6.07, 6.45) is 4.63. The van der Waals surface area contributed by atoms with Crippen LogP contribution < -0.4 is 24.3 Å². The van der Waals surface area contributed by atoms with E-state index >= 15 is 0 Å². The van der Waals surface area contributed by atoms with E-state index in [2.05, 4.69) is 116 Å². The second-order valence-electron chi connectivity index (χ2n) is 8.71. The summed E-state index contributed by atoms with van der Waals surface area (Å²) in [4.78, 5) is 0. The van der Waals surface area contributed by atoms with Crippen molar-refractivity contribution in [3.63, 3.8) is 0 Å². The number of hydrogen-bond donors (Lipinski definition) is 0. The molecule has 0 N–H and O–H groups in total. The molecule has 0 atom stereocenters. The Bertz CT molecular complexity index is 1150. The van der Waals surface area contributed by atoms with Gasteiger partial charge in [-0.25, -0.2) is 0 Å². The molecule has 0 bridgehead atoms. The van der Waals surface area contributed by atoms with Gasteiger partial charge in [0.25, 0.3) is 0 Å².